The Bertz CT molecular complexity index is 140. The molecule has 1 rings (SSSR count). The summed E-state index contributed by atoms with van der Waals surface area (Å²) in [5.41, 5.74) is 0. The molecular weight excluding hydrogens is 108 g/mol. The Labute approximate surface area is 47.3 Å². The van der Waals surface area contributed by atoms with Crippen LogP contribution < -0.4 is 4.09 Å². The van der Waals surface area contributed by atoms with E-state index in [0.29, 0.717) is 0 Å². The third-order valence-corrected chi connectivity index (χ3v) is 0.807. The Kier molecular flexibility index (Phi) is 1.17. The molecule has 0 aromatic carbocycles. The lowest BCUT2D eigenvalue weighted by atomic mass is 10.6. The van der Waals surface area contributed by atoms with Crippen molar-refractivity contribution >= 4 is 12.8 Å². The minimum Gasteiger partial charge on any atom is -0.393 e. The van der Waals surface area contributed by atoms with Crippen LogP contribution in [0.5, 0.6) is 0 Å². The molecule has 0 bridgehead atoms. The van der Waals surface area contributed by atoms with E-state index < -0.39 is 0 Å². The molecule has 0 radical (unpaired) electrons. The van der Waals surface area contributed by atoms with Gasteiger partial charge in [0.25, 0.3) is 0 Å². The Hall–Kier alpha value is -0.700. The minimum absolute atomic E-state index is 1.33. The minimum atomic E-state index is 1.33. The van der Waals surface area contributed by atoms with Crippen LogP contribution in [-0.2, 0) is 12.8 Å². The highest BCUT2D eigenvalue weighted by molar-refractivity contribution is 7.50. The Morgan fingerprint density at radius 2 is 2.29 bits per heavy atom. The van der Waals surface area contributed by atoms with E-state index in [1.165, 1.54) is 4.09 Å². The summed E-state index contributed by atoms with van der Waals surface area (Å²) in [6.45, 7) is 0. The highest BCUT2D eigenvalue weighted by Crippen LogP contribution is 1.66. The molecule has 7 heavy (non-hydrogen) atoms. The highest BCUT2D eigenvalue weighted by atomic mass is 32.1. The molecule has 0 amide bonds. The molecule has 3 heteroatoms. The molecule has 0 aliphatic heterocycles. The number of nitrogens with zero attached hydrogens (tertiary/aromatic N) is 2. The van der Waals surface area contributed by atoms with Gasteiger partial charge >= 0.3 is 0 Å². The normalized spacial score (nSPS) is 8.57. The first-order valence-electron chi connectivity index (χ1n) is 1.90. The summed E-state index contributed by atoms with van der Waals surface area (Å²) in [5, 5.41) is 3.71. The molecular formula is C4H4N2S. The van der Waals surface area contributed by atoms with E-state index in [4.69, 9.17) is 0 Å². The van der Waals surface area contributed by atoms with Crippen LogP contribution in [0.15, 0.2) is 24.5 Å². The zero-order chi connectivity index (χ0) is 5.11. The lowest BCUT2D eigenvalue weighted by Crippen LogP contribution is -2.29. The summed E-state index contributed by atoms with van der Waals surface area (Å²) in [7, 11) is 0. The van der Waals surface area contributed by atoms with Crippen LogP contribution in [0.4, 0.5) is 0 Å². The standard InChI is InChI=1S/C4H4N2S/c7-6-4-2-1-3-5-6/h1-4H. The molecule has 1 aromatic heterocycles. The predicted molar refractivity (Wildman–Crippen MR) is 27.2 cm³/mol. The van der Waals surface area contributed by atoms with E-state index in [2.05, 4.69) is 17.9 Å². The maximum Gasteiger partial charge on any atom is 0.178 e. The van der Waals surface area contributed by atoms with Crippen molar-refractivity contribution in [2.24, 2.45) is 0 Å². The van der Waals surface area contributed by atoms with Crippen LogP contribution in [0.25, 0.3) is 0 Å². The zero-order valence-electron chi connectivity index (χ0n) is 3.61. The van der Waals surface area contributed by atoms with Crippen molar-refractivity contribution in [3.05, 3.63) is 24.5 Å². The number of aromatic nitrogens is 2. The van der Waals surface area contributed by atoms with E-state index in [-0.39, 0.29) is 0 Å². The third kappa shape index (κ3) is 1.08. The van der Waals surface area contributed by atoms with Crippen molar-refractivity contribution in [3.63, 3.8) is 0 Å². The second kappa shape index (κ2) is 1.84. The van der Waals surface area contributed by atoms with Crippen molar-refractivity contribution < 1.29 is 4.09 Å². The number of hydrogen-bond donors (Lipinski definition) is 0. The van der Waals surface area contributed by atoms with Crippen LogP contribution in [0.3, 0.4) is 0 Å². The summed E-state index contributed by atoms with van der Waals surface area (Å²) in [4.78, 5) is 0. The van der Waals surface area contributed by atoms with Gasteiger partial charge in [-0.15, -0.1) is 0 Å². The van der Waals surface area contributed by atoms with E-state index >= 15 is 0 Å². The average Bonchev–Trinajstić information content (AvgIpc) is 1.69. The van der Waals surface area contributed by atoms with E-state index in [0.717, 1.165) is 0 Å². The number of hydrogen-bond acceptors (Lipinski definition) is 2. The highest BCUT2D eigenvalue weighted by Gasteiger charge is 1.73. The van der Waals surface area contributed by atoms with Crippen LogP contribution >= 0.6 is 0 Å². The van der Waals surface area contributed by atoms with E-state index in [1.54, 1.807) is 12.4 Å². The smallest absolute Gasteiger partial charge is 0.178 e. The molecule has 36 valence electrons. The molecule has 0 aliphatic carbocycles. The van der Waals surface area contributed by atoms with Crippen LogP contribution in [0.1, 0.15) is 0 Å². The zero-order valence-corrected chi connectivity index (χ0v) is 4.43. The van der Waals surface area contributed by atoms with Gasteiger partial charge in [-0.1, -0.05) is 0 Å². The summed E-state index contributed by atoms with van der Waals surface area (Å²) < 4.78 is 1.33. The monoisotopic (exact) mass is 112 g/mol. The first-order chi connectivity index (χ1) is 3.39. The maximum atomic E-state index is 4.62. The molecule has 0 saturated carbocycles. The Morgan fingerprint density at radius 3 is 2.57 bits per heavy atom. The molecule has 0 N–H and O–H groups in total. The largest absolute Gasteiger partial charge is 0.393 e. The summed E-state index contributed by atoms with van der Waals surface area (Å²) in [6, 6.07) is 3.66. The average molecular weight is 112 g/mol. The van der Waals surface area contributed by atoms with Crippen molar-refractivity contribution in [2.45, 2.75) is 0 Å². The van der Waals surface area contributed by atoms with Gasteiger partial charge in [0.2, 0.25) is 0 Å². The van der Waals surface area contributed by atoms with Crippen LogP contribution in [0, 0.1) is 0 Å². The lowest BCUT2D eigenvalue weighted by molar-refractivity contribution is -0.563. The van der Waals surface area contributed by atoms with E-state index in [1.807, 2.05) is 12.1 Å². The van der Waals surface area contributed by atoms with Gasteiger partial charge in [-0.05, 0) is 11.2 Å². The fraction of sp³-hybridized carbons (Fsp3) is 0. The fourth-order valence-corrected chi connectivity index (χ4v) is 0.440. The van der Waals surface area contributed by atoms with Crippen LogP contribution in [-0.4, -0.2) is 5.10 Å². The van der Waals surface area contributed by atoms with Crippen molar-refractivity contribution in [3.8, 4) is 0 Å². The van der Waals surface area contributed by atoms with E-state index in [9.17, 15) is 0 Å². The first-order valence-corrected chi connectivity index (χ1v) is 2.26. The SMILES string of the molecule is [S-][n+]1ccccn1. The molecule has 0 aliphatic rings. The molecule has 0 saturated heterocycles. The van der Waals surface area contributed by atoms with Crippen molar-refractivity contribution in [1.29, 1.82) is 0 Å². The molecule has 1 heterocycles. The Morgan fingerprint density at radius 1 is 1.43 bits per heavy atom. The predicted octanol–water partition coefficient (Wildman–Crippen LogP) is -0.321. The number of rotatable bonds is 0. The first kappa shape index (κ1) is 4.46. The quantitative estimate of drug-likeness (QED) is 0.338. The molecule has 0 atom stereocenters. The van der Waals surface area contributed by atoms with Gasteiger partial charge in [-0.25, -0.2) is 0 Å². The molecule has 2 nitrogen and oxygen atoms in total. The van der Waals surface area contributed by atoms with Gasteiger partial charge in [-0.3, -0.25) is 0 Å². The fourth-order valence-electron chi connectivity index (χ4n) is 0.316. The Balaban J connectivity index is 3.02. The van der Waals surface area contributed by atoms with Crippen molar-refractivity contribution in [1.82, 2.24) is 5.10 Å². The molecule has 0 spiro atoms. The molecule has 0 unspecified atom stereocenters. The van der Waals surface area contributed by atoms with Crippen molar-refractivity contribution in [2.75, 3.05) is 0 Å². The van der Waals surface area contributed by atoms with Gasteiger partial charge in [0.05, 0.1) is 6.20 Å². The van der Waals surface area contributed by atoms with Gasteiger partial charge in [0, 0.05) is 6.07 Å². The van der Waals surface area contributed by atoms with Crippen LogP contribution in [0.2, 0.25) is 0 Å². The third-order valence-electron chi connectivity index (χ3n) is 0.591. The summed E-state index contributed by atoms with van der Waals surface area (Å²) >= 11 is 4.62. The maximum absolute atomic E-state index is 4.62. The van der Waals surface area contributed by atoms with Gasteiger partial charge < -0.3 is 12.8 Å². The topological polar surface area (TPSA) is 16.8 Å². The van der Waals surface area contributed by atoms with Gasteiger partial charge in [0.15, 0.2) is 6.20 Å². The lowest BCUT2D eigenvalue weighted by Gasteiger charge is -1.85. The molecule has 1 aromatic rings. The summed E-state index contributed by atoms with van der Waals surface area (Å²) in [5.74, 6) is 0. The van der Waals surface area contributed by atoms with Gasteiger partial charge in [-0.2, -0.15) is 4.09 Å². The summed E-state index contributed by atoms with van der Waals surface area (Å²) in [6.07, 6.45) is 3.35. The van der Waals surface area contributed by atoms with Gasteiger partial charge in [0.1, 0.15) is 0 Å². The second-order valence-electron chi connectivity index (χ2n) is 1.10. The second-order valence-corrected chi connectivity index (χ2v) is 1.48. The molecule has 0 fully saturated rings.